The third kappa shape index (κ3) is 6.61. The van der Waals surface area contributed by atoms with Crippen molar-refractivity contribution in [3.63, 3.8) is 0 Å². The second-order valence-electron chi connectivity index (χ2n) is 15.3. The highest BCUT2D eigenvalue weighted by Gasteiger charge is 2.16. The van der Waals surface area contributed by atoms with Crippen LogP contribution in [-0.2, 0) is 0 Å². The maximum absolute atomic E-state index is 6.22. The zero-order chi connectivity index (χ0) is 39.8. The monoisotopic (exact) mass is 765 g/mol. The molecule has 0 fully saturated rings. The van der Waals surface area contributed by atoms with Crippen LogP contribution in [0.4, 0.5) is 17.1 Å². The predicted molar refractivity (Wildman–Crippen MR) is 253 cm³/mol. The molecule has 0 bridgehead atoms. The summed E-state index contributed by atoms with van der Waals surface area (Å²) in [4.78, 5) is 2.37. The Bertz CT molecular complexity index is 3270. The fourth-order valence-electron chi connectivity index (χ4n) is 8.64. The Labute approximate surface area is 349 Å². The second kappa shape index (κ2) is 15.1. The van der Waals surface area contributed by atoms with Gasteiger partial charge < -0.3 is 9.32 Å². The minimum atomic E-state index is 0.877. The number of anilines is 3. The summed E-state index contributed by atoms with van der Waals surface area (Å²) in [6.45, 7) is 0. The van der Waals surface area contributed by atoms with Crippen LogP contribution in [0.2, 0.25) is 0 Å². The smallest absolute Gasteiger partial charge is 0.135 e. The first-order valence-electron chi connectivity index (χ1n) is 20.5. The van der Waals surface area contributed by atoms with E-state index in [4.69, 9.17) is 4.42 Å². The summed E-state index contributed by atoms with van der Waals surface area (Å²) < 4.78 is 6.22. The first-order valence-corrected chi connectivity index (χ1v) is 20.5. The van der Waals surface area contributed by atoms with Crippen LogP contribution in [0.5, 0.6) is 0 Å². The van der Waals surface area contributed by atoms with Crippen LogP contribution >= 0.6 is 0 Å². The van der Waals surface area contributed by atoms with E-state index in [1.54, 1.807) is 0 Å². The zero-order valence-corrected chi connectivity index (χ0v) is 32.9. The molecule has 0 atom stereocenters. The molecule has 2 nitrogen and oxygen atoms in total. The first-order chi connectivity index (χ1) is 29.7. The van der Waals surface area contributed by atoms with E-state index >= 15 is 0 Å². The van der Waals surface area contributed by atoms with Crippen molar-refractivity contribution < 1.29 is 4.42 Å². The van der Waals surface area contributed by atoms with Crippen LogP contribution in [0.3, 0.4) is 0 Å². The molecule has 0 spiro atoms. The van der Waals surface area contributed by atoms with Crippen LogP contribution in [0.25, 0.3) is 88.3 Å². The molecule has 0 saturated carbocycles. The van der Waals surface area contributed by atoms with Crippen molar-refractivity contribution in [2.45, 2.75) is 0 Å². The number of benzene rings is 10. The van der Waals surface area contributed by atoms with Crippen molar-refractivity contribution in [1.82, 2.24) is 0 Å². The Hall–Kier alpha value is -7.94. The molecular formula is C58H39NO. The SMILES string of the molecule is c1ccc(-c2ccccc2-c2ccc(N(c3ccc(-c4cccc5ccccc45)cc3)c3ccc4cc(-c5cccc(-c6cc7ccccc7o6)c5)ccc4c3)cc2)cc1. The van der Waals surface area contributed by atoms with Gasteiger partial charge in [-0.1, -0.05) is 176 Å². The molecule has 0 aliphatic carbocycles. The summed E-state index contributed by atoms with van der Waals surface area (Å²) in [7, 11) is 0. The molecule has 0 N–H and O–H groups in total. The number of nitrogens with zero attached hydrogens (tertiary/aromatic N) is 1. The molecule has 0 unspecified atom stereocenters. The van der Waals surface area contributed by atoms with E-state index in [0.717, 1.165) is 44.9 Å². The Morgan fingerprint density at radius 3 is 1.53 bits per heavy atom. The third-order valence-electron chi connectivity index (χ3n) is 11.7. The lowest BCUT2D eigenvalue weighted by molar-refractivity contribution is 0.631. The van der Waals surface area contributed by atoms with Crippen molar-refractivity contribution in [3.8, 4) is 55.8 Å². The molecule has 0 radical (unpaired) electrons. The quantitative estimate of drug-likeness (QED) is 0.153. The summed E-state index contributed by atoms with van der Waals surface area (Å²) >= 11 is 0. The molecule has 0 saturated heterocycles. The predicted octanol–water partition coefficient (Wildman–Crippen LogP) is 16.5. The summed E-state index contributed by atoms with van der Waals surface area (Å²) in [5, 5.41) is 5.97. The average molecular weight is 766 g/mol. The number of rotatable bonds is 8. The lowest BCUT2D eigenvalue weighted by atomic mass is 9.94. The molecule has 1 heterocycles. The Morgan fingerprint density at radius 1 is 0.267 bits per heavy atom. The minimum absolute atomic E-state index is 0.877. The van der Waals surface area contributed by atoms with Crippen molar-refractivity contribution >= 4 is 49.6 Å². The van der Waals surface area contributed by atoms with Gasteiger partial charge in [0.25, 0.3) is 0 Å². The Balaban J connectivity index is 0.969. The molecule has 282 valence electrons. The fraction of sp³-hybridized carbons (Fsp3) is 0. The van der Waals surface area contributed by atoms with E-state index in [0.29, 0.717) is 0 Å². The maximum Gasteiger partial charge on any atom is 0.135 e. The lowest BCUT2D eigenvalue weighted by Crippen LogP contribution is -2.09. The van der Waals surface area contributed by atoms with E-state index in [1.807, 2.05) is 18.2 Å². The largest absolute Gasteiger partial charge is 0.456 e. The molecule has 2 heteroatoms. The number of hydrogen-bond acceptors (Lipinski definition) is 2. The summed E-state index contributed by atoms with van der Waals surface area (Å²) in [6.07, 6.45) is 0. The van der Waals surface area contributed by atoms with Crippen molar-refractivity contribution in [2.75, 3.05) is 4.90 Å². The molecule has 10 aromatic carbocycles. The molecule has 0 aliphatic heterocycles. The molecule has 11 rings (SSSR count). The molecule has 1 aromatic heterocycles. The minimum Gasteiger partial charge on any atom is -0.456 e. The van der Waals surface area contributed by atoms with Gasteiger partial charge in [-0.25, -0.2) is 0 Å². The Kier molecular flexibility index (Phi) is 8.87. The highest BCUT2D eigenvalue weighted by Crippen LogP contribution is 2.41. The number of furan rings is 1. The molecule has 60 heavy (non-hydrogen) atoms. The summed E-state index contributed by atoms with van der Waals surface area (Å²) in [5.41, 5.74) is 14.8. The number of para-hydroxylation sites is 1. The maximum atomic E-state index is 6.22. The number of hydrogen-bond donors (Lipinski definition) is 0. The van der Waals surface area contributed by atoms with Crippen LogP contribution < -0.4 is 4.90 Å². The van der Waals surface area contributed by atoms with Gasteiger partial charge in [0.05, 0.1) is 0 Å². The van der Waals surface area contributed by atoms with Crippen LogP contribution in [0, 0.1) is 0 Å². The van der Waals surface area contributed by atoms with Gasteiger partial charge in [0.15, 0.2) is 0 Å². The first kappa shape index (κ1) is 35.2. The van der Waals surface area contributed by atoms with E-state index in [1.165, 1.54) is 60.5 Å². The second-order valence-corrected chi connectivity index (χ2v) is 15.3. The topological polar surface area (TPSA) is 16.4 Å². The molecule has 11 aromatic rings. The van der Waals surface area contributed by atoms with Gasteiger partial charge in [-0.2, -0.15) is 0 Å². The summed E-state index contributed by atoms with van der Waals surface area (Å²) in [5.74, 6) is 0.877. The summed E-state index contributed by atoms with van der Waals surface area (Å²) in [6, 6.07) is 84.9. The normalized spacial score (nSPS) is 11.3. The van der Waals surface area contributed by atoms with Crippen LogP contribution in [0.1, 0.15) is 0 Å². The average Bonchev–Trinajstić information content (AvgIpc) is 3.77. The molecular weight excluding hydrogens is 727 g/mol. The Morgan fingerprint density at radius 2 is 0.767 bits per heavy atom. The van der Waals surface area contributed by atoms with E-state index < -0.39 is 0 Å². The third-order valence-corrected chi connectivity index (χ3v) is 11.7. The van der Waals surface area contributed by atoms with Gasteiger partial charge in [-0.3, -0.25) is 0 Å². The van der Waals surface area contributed by atoms with Gasteiger partial charge in [-0.05, 0) is 127 Å². The van der Waals surface area contributed by atoms with E-state index in [9.17, 15) is 0 Å². The van der Waals surface area contributed by atoms with E-state index in [2.05, 4.69) is 223 Å². The highest BCUT2D eigenvalue weighted by molar-refractivity contribution is 5.98. The van der Waals surface area contributed by atoms with Gasteiger partial charge >= 0.3 is 0 Å². The number of fused-ring (bicyclic) bond motifs is 3. The van der Waals surface area contributed by atoms with Gasteiger partial charge in [-0.15, -0.1) is 0 Å². The lowest BCUT2D eigenvalue weighted by Gasteiger charge is -2.26. The van der Waals surface area contributed by atoms with Gasteiger partial charge in [0.1, 0.15) is 11.3 Å². The van der Waals surface area contributed by atoms with Crippen LogP contribution in [0.15, 0.2) is 241 Å². The molecule has 0 aliphatic rings. The van der Waals surface area contributed by atoms with Crippen molar-refractivity contribution in [2.24, 2.45) is 0 Å². The van der Waals surface area contributed by atoms with Gasteiger partial charge in [0, 0.05) is 28.0 Å². The van der Waals surface area contributed by atoms with Gasteiger partial charge in [0.2, 0.25) is 0 Å². The van der Waals surface area contributed by atoms with E-state index in [-0.39, 0.29) is 0 Å². The van der Waals surface area contributed by atoms with Crippen molar-refractivity contribution in [1.29, 1.82) is 0 Å². The fourth-order valence-corrected chi connectivity index (χ4v) is 8.64. The van der Waals surface area contributed by atoms with Crippen LogP contribution in [-0.4, -0.2) is 0 Å². The molecule has 0 amide bonds. The standard InChI is InChI=1S/C58H39NO/c1-2-12-40(13-3-1)53-20-7-8-21-55(53)42-26-31-50(32-27-42)59(51-33-28-43(29-34-51)56-22-11-16-41-14-4-6-19-54(41)56)52-35-30-46-36-45(24-25-47(46)38-52)44-17-10-18-48(37-44)58-39-49-15-5-9-23-57(49)60-58/h1-39H. The zero-order valence-electron chi connectivity index (χ0n) is 32.9. The highest BCUT2D eigenvalue weighted by atomic mass is 16.3. The van der Waals surface area contributed by atoms with Crippen molar-refractivity contribution in [3.05, 3.63) is 237 Å².